The number of nitrogens with zero attached hydrogens (tertiary/aromatic N) is 2. The molecule has 2 aromatic rings. The van der Waals surface area contributed by atoms with Crippen LogP contribution in [-0.4, -0.2) is 9.97 Å². The molecule has 0 radical (unpaired) electrons. The lowest BCUT2D eigenvalue weighted by molar-refractivity contribution is 0.456. The maximum Gasteiger partial charge on any atom is 0.223 e. The van der Waals surface area contributed by atoms with Crippen LogP contribution in [0.25, 0.3) is 0 Å². The fraction of sp³-hybridized carbons (Fsp3) is 0.412. The van der Waals surface area contributed by atoms with E-state index in [0.717, 1.165) is 22.6 Å². The van der Waals surface area contributed by atoms with E-state index in [1.54, 1.807) is 0 Å². The minimum absolute atomic E-state index is 0.522. The molecule has 2 aliphatic carbocycles. The smallest absolute Gasteiger partial charge is 0.223 e. The molecule has 1 saturated carbocycles. The molecule has 4 heteroatoms. The number of aromatic nitrogens is 2. The van der Waals surface area contributed by atoms with Crippen molar-refractivity contribution in [3.8, 4) is 11.6 Å². The van der Waals surface area contributed by atoms with Gasteiger partial charge in [0.2, 0.25) is 5.88 Å². The summed E-state index contributed by atoms with van der Waals surface area (Å²) in [4.78, 5) is 8.97. The Labute approximate surface area is 132 Å². The topological polar surface area (TPSA) is 35.0 Å². The van der Waals surface area contributed by atoms with Gasteiger partial charge in [0.05, 0.1) is 0 Å². The zero-order chi connectivity index (χ0) is 14.2. The van der Waals surface area contributed by atoms with Crippen molar-refractivity contribution in [3.63, 3.8) is 0 Å². The summed E-state index contributed by atoms with van der Waals surface area (Å²) in [6.07, 6.45) is 7.31. The zero-order valence-electron chi connectivity index (χ0n) is 11.8. The Morgan fingerprint density at radius 2 is 1.81 bits per heavy atom. The minimum Gasteiger partial charge on any atom is -0.439 e. The van der Waals surface area contributed by atoms with E-state index in [1.165, 1.54) is 43.2 Å². The second kappa shape index (κ2) is 5.41. The maximum atomic E-state index is 5.96. The molecule has 0 atom stereocenters. The number of hydrogen-bond acceptors (Lipinski definition) is 3. The molecule has 2 aliphatic rings. The minimum atomic E-state index is 0.522. The van der Waals surface area contributed by atoms with E-state index in [2.05, 4.69) is 44.1 Å². The van der Waals surface area contributed by atoms with E-state index in [4.69, 9.17) is 4.74 Å². The van der Waals surface area contributed by atoms with Crippen molar-refractivity contribution < 1.29 is 4.74 Å². The highest BCUT2D eigenvalue weighted by Crippen LogP contribution is 2.39. The van der Waals surface area contributed by atoms with E-state index in [0.29, 0.717) is 11.8 Å². The van der Waals surface area contributed by atoms with Crippen molar-refractivity contribution in [2.75, 3.05) is 0 Å². The lowest BCUT2D eigenvalue weighted by Crippen LogP contribution is -2.03. The van der Waals surface area contributed by atoms with Crippen molar-refractivity contribution in [2.45, 2.75) is 44.4 Å². The highest BCUT2D eigenvalue weighted by Gasteiger charge is 2.27. The quantitative estimate of drug-likeness (QED) is 0.751. The Hall–Kier alpha value is -1.42. The molecule has 0 saturated heterocycles. The fourth-order valence-electron chi connectivity index (χ4n) is 2.88. The van der Waals surface area contributed by atoms with Gasteiger partial charge in [-0.1, -0.05) is 6.07 Å². The Kier molecular flexibility index (Phi) is 3.42. The van der Waals surface area contributed by atoms with Crippen LogP contribution in [0.4, 0.5) is 0 Å². The average molecular weight is 345 g/mol. The second-order valence-electron chi connectivity index (χ2n) is 5.90. The highest BCUT2D eigenvalue weighted by molar-refractivity contribution is 9.10. The van der Waals surface area contributed by atoms with Crippen molar-refractivity contribution >= 4 is 15.9 Å². The molecular formula is C17H17BrN2O. The summed E-state index contributed by atoms with van der Waals surface area (Å²) in [6, 6.07) is 8.26. The highest BCUT2D eigenvalue weighted by atomic mass is 79.9. The molecule has 4 rings (SSSR count). The lowest BCUT2D eigenvalue weighted by Gasteiger charge is -2.16. The number of benzene rings is 1. The summed E-state index contributed by atoms with van der Waals surface area (Å²) in [6.45, 7) is 0. The van der Waals surface area contributed by atoms with Crippen LogP contribution in [0.2, 0.25) is 0 Å². The van der Waals surface area contributed by atoms with E-state index in [9.17, 15) is 0 Å². The third kappa shape index (κ3) is 2.95. The summed E-state index contributed by atoms with van der Waals surface area (Å²) in [5.41, 5.74) is 2.89. The number of fused-ring (bicyclic) bond motifs is 1. The monoisotopic (exact) mass is 344 g/mol. The Morgan fingerprint density at radius 3 is 2.62 bits per heavy atom. The summed E-state index contributed by atoms with van der Waals surface area (Å²) in [7, 11) is 0. The largest absolute Gasteiger partial charge is 0.439 e. The van der Waals surface area contributed by atoms with Crippen LogP contribution in [-0.2, 0) is 12.8 Å². The number of ether oxygens (including phenoxy) is 1. The molecule has 1 heterocycles. The van der Waals surface area contributed by atoms with Gasteiger partial charge in [0.25, 0.3) is 0 Å². The van der Waals surface area contributed by atoms with Gasteiger partial charge in [0, 0.05) is 12.0 Å². The fourth-order valence-corrected chi connectivity index (χ4v) is 3.26. The third-order valence-electron chi connectivity index (χ3n) is 4.17. The SMILES string of the molecule is Brc1cc(Oc2ccc3c(c2)CCCC3)nc(C2CC2)n1. The van der Waals surface area contributed by atoms with Gasteiger partial charge in [0.15, 0.2) is 0 Å². The maximum absolute atomic E-state index is 5.96. The molecule has 0 unspecified atom stereocenters. The molecule has 0 N–H and O–H groups in total. The van der Waals surface area contributed by atoms with Gasteiger partial charge in [-0.2, -0.15) is 4.98 Å². The van der Waals surface area contributed by atoms with Crippen LogP contribution in [0.3, 0.4) is 0 Å². The molecule has 21 heavy (non-hydrogen) atoms. The molecule has 0 amide bonds. The predicted molar refractivity (Wildman–Crippen MR) is 84.9 cm³/mol. The van der Waals surface area contributed by atoms with Crippen LogP contribution in [0, 0.1) is 0 Å². The molecule has 0 bridgehead atoms. The third-order valence-corrected chi connectivity index (χ3v) is 4.58. The van der Waals surface area contributed by atoms with Gasteiger partial charge in [-0.15, -0.1) is 0 Å². The van der Waals surface area contributed by atoms with Crippen LogP contribution < -0.4 is 4.74 Å². The van der Waals surface area contributed by atoms with Crippen LogP contribution in [0.5, 0.6) is 11.6 Å². The van der Waals surface area contributed by atoms with E-state index in [1.807, 2.05) is 6.07 Å². The van der Waals surface area contributed by atoms with Gasteiger partial charge >= 0.3 is 0 Å². The Balaban J connectivity index is 1.60. The molecule has 3 nitrogen and oxygen atoms in total. The molecular weight excluding hydrogens is 328 g/mol. The van der Waals surface area contributed by atoms with Gasteiger partial charge in [0.1, 0.15) is 16.2 Å². The second-order valence-corrected chi connectivity index (χ2v) is 6.71. The molecule has 0 aliphatic heterocycles. The summed E-state index contributed by atoms with van der Waals surface area (Å²) >= 11 is 3.45. The van der Waals surface area contributed by atoms with Gasteiger partial charge in [-0.3, -0.25) is 0 Å². The molecule has 108 valence electrons. The molecule has 1 aromatic heterocycles. The number of aryl methyl sites for hydroxylation is 2. The Bertz CT molecular complexity index is 682. The number of rotatable bonds is 3. The van der Waals surface area contributed by atoms with Crippen LogP contribution in [0.15, 0.2) is 28.9 Å². The van der Waals surface area contributed by atoms with E-state index < -0.39 is 0 Å². The van der Waals surface area contributed by atoms with Crippen molar-refractivity contribution in [2.24, 2.45) is 0 Å². The van der Waals surface area contributed by atoms with Crippen LogP contribution >= 0.6 is 15.9 Å². The van der Waals surface area contributed by atoms with Crippen molar-refractivity contribution in [1.29, 1.82) is 0 Å². The van der Waals surface area contributed by atoms with Crippen LogP contribution in [0.1, 0.15) is 48.6 Å². The van der Waals surface area contributed by atoms with Crippen molar-refractivity contribution in [3.05, 3.63) is 45.8 Å². The van der Waals surface area contributed by atoms with Crippen molar-refractivity contribution in [1.82, 2.24) is 9.97 Å². The summed E-state index contributed by atoms with van der Waals surface area (Å²) in [5.74, 6) is 2.93. The normalized spacial score (nSPS) is 17.4. The standard InChI is InChI=1S/C17H17BrN2O/c18-15-10-16(20-17(19-15)12-5-6-12)21-14-8-7-11-3-1-2-4-13(11)9-14/h7-10,12H,1-6H2. The summed E-state index contributed by atoms with van der Waals surface area (Å²) in [5, 5.41) is 0. The van der Waals surface area contributed by atoms with E-state index in [-0.39, 0.29) is 0 Å². The number of halogens is 1. The lowest BCUT2D eigenvalue weighted by atomic mass is 9.92. The number of hydrogen-bond donors (Lipinski definition) is 0. The first kappa shape index (κ1) is 13.3. The summed E-state index contributed by atoms with van der Waals surface area (Å²) < 4.78 is 6.76. The molecule has 1 aromatic carbocycles. The molecule has 0 spiro atoms. The van der Waals surface area contributed by atoms with E-state index >= 15 is 0 Å². The first-order chi connectivity index (χ1) is 10.3. The molecule has 1 fully saturated rings. The first-order valence-corrected chi connectivity index (χ1v) is 8.41. The van der Waals surface area contributed by atoms with Gasteiger partial charge in [-0.05, 0) is 77.7 Å². The predicted octanol–water partition coefficient (Wildman–Crippen LogP) is 4.79. The Morgan fingerprint density at radius 1 is 1.00 bits per heavy atom. The first-order valence-electron chi connectivity index (χ1n) is 7.62. The average Bonchev–Trinajstić information content (AvgIpc) is 3.31. The van der Waals surface area contributed by atoms with Gasteiger partial charge in [-0.25, -0.2) is 4.98 Å². The van der Waals surface area contributed by atoms with Gasteiger partial charge < -0.3 is 4.74 Å². The zero-order valence-corrected chi connectivity index (χ0v) is 13.4.